The van der Waals surface area contributed by atoms with Gasteiger partial charge in [0.2, 0.25) is 5.91 Å². The number of hydrogen-bond acceptors (Lipinski definition) is 2. The number of amides is 1. The standard InChI is InChI=1S/C15H19NO2/c1-2-3-6-9-16-15(17)13-10-12-7-4-5-8-14(12)18-11-13/h2-5,7-8,13H,6,9-11H2,1H3,(H,16,17)/b3-2+. The van der Waals surface area contributed by atoms with Crippen molar-refractivity contribution in [2.24, 2.45) is 5.92 Å². The first kappa shape index (κ1) is 12.7. The Balaban J connectivity index is 1.86. The van der Waals surface area contributed by atoms with E-state index in [1.807, 2.05) is 43.3 Å². The lowest BCUT2D eigenvalue weighted by Crippen LogP contribution is -2.37. The van der Waals surface area contributed by atoms with E-state index in [1.165, 1.54) is 0 Å². The van der Waals surface area contributed by atoms with Gasteiger partial charge in [0.15, 0.2) is 0 Å². The van der Waals surface area contributed by atoms with E-state index in [-0.39, 0.29) is 11.8 Å². The highest BCUT2D eigenvalue weighted by Gasteiger charge is 2.25. The lowest BCUT2D eigenvalue weighted by molar-refractivity contribution is -0.126. The number of para-hydroxylation sites is 1. The monoisotopic (exact) mass is 245 g/mol. The van der Waals surface area contributed by atoms with Crippen LogP contribution in [0.3, 0.4) is 0 Å². The summed E-state index contributed by atoms with van der Waals surface area (Å²) in [5, 5.41) is 2.95. The Morgan fingerprint density at radius 2 is 2.33 bits per heavy atom. The van der Waals surface area contributed by atoms with E-state index in [4.69, 9.17) is 4.74 Å². The second-order valence-electron chi connectivity index (χ2n) is 4.47. The third-order valence-electron chi connectivity index (χ3n) is 3.10. The molecule has 0 aliphatic carbocycles. The summed E-state index contributed by atoms with van der Waals surface area (Å²) in [5.74, 6) is 0.940. The molecule has 2 rings (SSSR count). The number of carbonyl (C=O) groups is 1. The van der Waals surface area contributed by atoms with Crippen LogP contribution in [0, 0.1) is 5.92 Å². The highest BCUT2D eigenvalue weighted by Crippen LogP contribution is 2.26. The van der Waals surface area contributed by atoms with Crippen molar-refractivity contribution in [1.82, 2.24) is 5.32 Å². The fourth-order valence-electron chi connectivity index (χ4n) is 2.09. The Morgan fingerprint density at radius 3 is 3.17 bits per heavy atom. The van der Waals surface area contributed by atoms with Crippen molar-refractivity contribution in [1.29, 1.82) is 0 Å². The van der Waals surface area contributed by atoms with E-state index >= 15 is 0 Å². The Morgan fingerprint density at radius 1 is 1.50 bits per heavy atom. The molecule has 96 valence electrons. The number of benzene rings is 1. The maximum absolute atomic E-state index is 12.0. The summed E-state index contributed by atoms with van der Waals surface area (Å²) in [7, 11) is 0. The molecule has 3 heteroatoms. The van der Waals surface area contributed by atoms with E-state index in [0.29, 0.717) is 13.2 Å². The van der Waals surface area contributed by atoms with Gasteiger partial charge in [0, 0.05) is 6.54 Å². The lowest BCUT2D eigenvalue weighted by Gasteiger charge is -2.24. The summed E-state index contributed by atoms with van der Waals surface area (Å²) >= 11 is 0. The molecule has 1 aliphatic heterocycles. The fraction of sp³-hybridized carbons (Fsp3) is 0.400. The average molecular weight is 245 g/mol. The van der Waals surface area contributed by atoms with Crippen molar-refractivity contribution in [3.8, 4) is 5.75 Å². The van der Waals surface area contributed by atoms with Gasteiger partial charge >= 0.3 is 0 Å². The first-order chi connectivity index (χ1) is 8.81. The van der Waals surface area contributed by atoms with Crippen LogP contribution in [0.2, 0.25) is 0 Å². The average Bonchev–Trinajstić information content (AvgIpc) is 2.43. The number of hydrogen-bond donors (Lipinski definition) is 1. The van der Waals surface area contributed by atoms with Gasteiger partial charge < -0.3 is 10.1 Å². The number of ether oxygens (including phenoxy) is 1. The molecule has 0 saturated carbocycles. The van der Waals surface area contributed by atoms with Crippen molar-refractivity contribution in [2.75, 3.05) is 13.2 Å². The Bertz CT molecular complexity index is 440. The van der Waals surface area contributed by atoms with Gasteiger partial charge in [0.25, 0.3) is 0 Å². The molecule has 0 bridgehead atoms. The maximum atomic E-state index is 12.0. The quantitative estimate of drug-likeness (QED) is 0.653. The minimum absolute atomic E-state index is 0.0643. The number of nitrogens with one attached hydrogen (secondary N) is 1. The van der Waals surface area contributed by atoms with Crippen molar-refractivity contribution >= 4 is 5.91 Å². The molecule has 1 aromatic carbocycles. The highest BCUT2D eigenvalue weighted by atomic mass is 16.5. The summed E-state index contributed by atoms with van der Waals surface area (Å²) < 4.78 is 5.61. The minimum atomic E-state index is -0.0643. The largest absolute Gasteiger partial charge is 0.492 e. The Hall–Kier alpha value is -1.77. The van der Waals surface area contributed by atoms with Crippen LogP contribution in [-0.4, -0.2) is 19.1 Å². The molecule has 3 nitrogen and oxygen atoms in total. The second kappa shape index (κ2) is 6.24. The molecule has 0 saturated heterocycles. The van der Waals surface area contributed by atoms with Crippen LogP contribution in [0.4, 0.5) is 0 Å². The maximum Gasteiger partial charge on any atom is 0.226 e. The Kier molecular flexibility index (Phi) is 4.40. The van der Waals surface area contributed by atoms with Gasteiger partial charge in [0.05, 0.1) is 5.92 Å². The highest BCUT2D eigenvalue weighted by molar-refractivity contribution is 5.79. The zero-order chi connectivity index (χ0) is 12.8. The Labute approximate surface area is 108 Å². The molecule has 1 amide bonds. The molecule has 1 N–H and O–H groups in total. The molecular formula is C15H19NO2. The van der Waals surface area contributed by atoms with E-state index in [9.17, 15) is 4.79 Å². The minimum Gasteiger partial charge on any atom is -0.492 e. The van der Waals surface area contributed by atoms with Gasteiger partial charge in [-0.05, 0) is 31.4 Å². The summed E-state index contributed by atoms with van der Waals surface area (Å²) in [6.07, 6.45) is 5.69. The van der Waals surface area contributed by atoms with Crippen LogP contribution in [-0.2, 0) is 11.2 Å². The molecule has 0 aromatic heterocycles. The van der Waals surface area contributed by atoms with Crippen molar-refractivity contribution < 1.29 is 9.53 Å². The third kappa shape index (κ3) is 3.13. The van der Waals surface area contributed by atoms with Crippen LogP contribution in [0.15, 0.2) is 36.4 Å². The van der Waals surface area contributed by atoms with Gasteiger partial charge in [-0.25, -0.2) is 0 Å². The molecule has 1 aromatic rings. The van der Waals surface area contributed by atoms with Gasteiger partial charge in [-0.15, -0.1) is 0 Å². The zero-order valence-electron chi connectivity index (χ0n) is 10.7. The summed E-state index contributed by atoms with van der Waals surface area (Å²) in [6, 6.07) is 7.91. The molecule has 1 unspecified atom stereocenters. The topological polar surface area (TPSA) is 38.3 Å². The number of allylic oxidation sites excluding steroid dienone is 1. The van der Waals surface area contributed by atoms with Gasteiger partial charge in [-0.1, -0.05) is 30.4 Å². The lowest BCUT2D eigenvalue weighted by atomic mass is 9.96. The van der Waals surface area contributed by atoms with Crippen LogP contribution < -0.4 is 10.1 Å². The molecule has 0 spiro atoms. The first-order valence-electron chi connectivity index (χ1n) is 6.41. The van der Waals surface area contributed by atoms with Crippen LogP contribution >= 0.6 is 0 Å². The molecule has 0 fully saturated rings. The zero-order valence-corrected chi connectivity index (χ0v) is 10.7. The smallest absolute Gasteiger partial charge is 0.226 e. The summed E-state index contributed by atoms with van der Waals surface area (Å²) in [6.45, 7) is 3.15. The summed E-state index contributed by atoms with van der Waals surface area (Å²) in [4.78, 5) is 12.0. The van der Waals surface area contributed by atoms with Crippen LogP contribution in [0.1, 0.15) is 18.9 Å². The van der Waals surface area contributed by atoms with Gasteiger partial charge in [-0.2, -0.15) is 0 Å². The third-order valence-corrected chi connectivity index (χ3v) is 3.10. The predicted molar refractivity (Wildman–Crippen MR) is 71.6 cm³/mol. The fourth-order valence-corrected chi connectivity index (χ4v) is 2.09. The first-order valence-corrected chi connectivity index (χ1v) is 6.41. The number of carbonyl (C=O) groups excluding carboxylic acids is 1. The number of rotatable bonds is 4. The van der Waals surface area contributed by atoms with Gasteiger partial charge in [0.1, 0.15) is 12.4 Å². The number of fused-ring (bicyclic) bond motifs is 1. The second-order valence-corrected chi connectivity index (χ2v) is 4.47. The van der Waals surface area contributed by atoms with Crippen molar-refractivity contribution in [3.63, 3.8) is 0 Å². The normalized spacial score (nSPS) is 18.2. The van der Waals surface area contributed by atoms with E-state index in [0.717, 1.165) is 24.2 Å². The van der Waals surface area contributed by atoms with E-state index in [1.54, 1.807) is 0 Å². The molecular weight excluding hydrogens is 226 g/mol. The van der Waals surface area contributed by atoms with E-state index < -0.39 is 0 Å². The summed E-state index contributed by atoms with van der Waals surface area (Å²) in [5.41, 5.74) is 1.12. The molecule has 1 heterocycles. The molecule has 1 aliphatic rings. The van der Waals surface area contributed by atoms with Crippen LogP contribution in [0.25, 0.3) is 0 Å². The molecule has 18 heavy (non-hydrogen) atoms. The molecule has 1 atom stereocenters. The van der Waals surface area contributed by atoms with Gasteiger partial charge in [-0.3, -0.25) is 4.79 Å². The van der Waals surface area contributed by atoms with Crippen LogP contribution in [0.5, 0.6) is 5.75 Å². The molecule has 0 radical (unpaired) electrons. The van der Waals surface area contributed by atoms with Crippen molar-refractivity contribution in [2.45, 2.75) is 19.8 Å². The van der Waals surface area contributed by atoms with Crippen molar-refractivity contribution in [3.05, 3.63) is 42.0 Å². The SMILES string of the molecule is C/C=C/CCNC(=O)C1COc2ccccc2C1. The van der Waals surface area contributed by atoms with E-state index in [2.05, 4.69) is 5.32 Å². The predicted octanol–water partition coefficient (Wildman–Crippen LogP) is 2.32.